The molecule has 0 saturated carbocycles. The third-order valence-electron chi connectivity index (χ3n) is 2.62. The average molecular weight is 195 g/mol. The highest BCUT2D eigenvalue weighted by molar-refractivity contribution is 5.75. The predicted octanol–water partition coefficient (Wildman–Crippen LogP) is 0.453. The van der Waals surface area contributed by atoms with E-state index in [4.69, 9.17) is 5.26 Å². The molecule has 4 nitrogen and oxygen atoms in total. The molecule has 1 aliphatic rings. The zero-order chi connectivity index (χ0) is 10.6. The van der Waals surface area contributed by atoms with Gasteiger partial charge >= 0.3 is 0 Å². The van der Waals surface area contributed by atoms with E-state index in [1.807, 2.05) is 0 Å². The van der Waals surface area contributed by atoms with Crippen LogP contribution in [0, 0.1) is 11.3 Å². The summed E-state index contributed by atoms with van der Waals surface area (Å²) in [5.41, 5.74) is 0. The molecule has 0 aromatic carbocycles. The lowest BCUT2D eigenvalue weighted by atomic mass is 10.2. The monoisotopic (exact) mass is 195 g/mol. The van der Waals surface area contributed by atoms with Crippen molar-refractivity contribution in [3.8, 4) is 6.07 Å². The quantitative estimate of drug-likeness (QED) is 0.657. The number of amides is 1. The molecule has 0 aromatic heterocycles. The SMILES string of the molecule is CN(C)C(=O)CCN1CCCC1C#N. The molecule has 1 atom stereocenters. The van der Waals surface area contributed by atoms with Gasteiger partial charge in [-0.05, 0) is 19.4 Å². The molecule has 14 heavy (non-hydrogen) atoms. The van der Waals surface area contributed by atoms with Crippen molar-refractivity contribution < 1.29 is 4.79 Å². The van der Waals surface area contributed by atoms with Gasteiger partial charge in [-0.25, -0.2) is 0 Å². The molecule has 0 N–H and O–H groups in total. The smallest absolute Gasteiger partial charge is 0.223 e. The molecule has 1 rings (SSSR count). The number of likely N-dealkylation sites (tertiary alicyclic amines) is 1. The van der Waals surface area contributed by atoms with E-state index in [1.54, 1.807) is 19.0 Å². The molecule has 0 aliphatic carbocycles. The van der Waals surface area contributed by atoms with Crippen molar-refractivity contribution in [3.05, 3.63) is 0 Å². The van der Waals surface area contributed by atoms with Gasteiger partial charge in [0, 0.05) is 27.1 Å². The first-order valence-corrected chi connectivity index (χ1v) is 4.99. The summed E-state index contributed by atoms with van der Waals surface area (Å²) in [4.78, 5) is 15.0. The van der Waals surface area contributed by atoms with Crippen molar-refractivity contribution in [3.63, 3.8) is 0 Å². The van der Waals surface area contributed by atoms with Crippen LogP contribution < -0.4 is 0 Å². The Morgan fingerprint density at radius 2 is 2.36 bits per heavy atom. The minimum Gasteiger partial charge on any atom is -0.349 e. The highest BCUT2D eigenvalue weighted by Crippen LogP contribution is 2.16. The van der Waals surface area contributed by atoms with E-state index in [1.165, 1.54) is 0 Å². The Labute approximate surface area is 85.1 Å². The largest absolute Gasteiger partial charge is 0.349 e. The predicted molar refractivity (Wildman–Crippen MR) is 53.5 cm³/mol. The average Bonchev–Trinajstić information content (AvgIpc) is 2.60. The molecule has 0 radical (unpaired) electrons. The van der Waals surface area contributed by atoms with Crippen LogP contribution in [0.3, 0.4) is 0 Å². The number of hydrogen-bond acceptors (Lipinski definition) is 3. The Hall–Kier alpha value is -1.08. The molecule has 78 valence electrons. The molecular weight excluding hydrogens is 178 g/mol. The number of nitrogens with zero attached hydrogens (tertiary/aromatic N) is 3. The third-order valence-corrected chi connectivity index (χ3v) is 2.62. The summed E-state index contributed by atoms with van der Waals surface area (Å²) in [6.07, 6.45) is 2.55. The van der Waals surface area contributed by atoms with E-state index in [2.05, 4.69) is 11.0 Å². The van der Waals surface area contributed by atoms with Crippen molar-refractivity contribution >= 4 is 5.91 Å². The summed E-state index contributed by atoms with van der Waals surface area (Å²) in [7, 11) is 3.52. The summed E-state index contributed by atoms with van der Waals surface area (Å²) < 4.78 is 0. The minimum absolute atomic E-state index is 0.0324. The number of nitriles is 1. The Balaban J connectivity index is 2.31. The number of rotatable bonds is 3. The first kappa shape index (κ1) is 11.0. The van der Waals surface area contributed by atoms with Gasteiger partial charge in [-0.2, -0.15) is 5.26 Å². The Bertz CT molecular complexity index is 244. The summed E-state index contributed by atoms with van der Waals surface area (Å²) >= 11 is 0. The van der Waals surface area contributed by atoms with Crippen LogP contribution in [0.4, 0.5) is 0 Å². The van der Waals surface area contributed by atoms with Gasteiger partial charge in [-0.1, -0.05) is 0 Å². The Kier molecular flexibility index (Phi) is 3.90. The summed E-state index contributed by atoms with van der Waals surface area (Å²) in [5, 5.41) is 8.82. The Morgan fingerprint density at radius 3 is 2.93 bits per heavy atom. The third kappa shape index (κ3) is 2.71. The van der Waals surface area contributed by atoms with Crippen LogP contribution in [0.2, 0.25) is 0 Å². The lowest BCUT2D eigenvalue weighted by Crippen LogP contribution is -2.33. The van der Waals surface area contributed by atoms with Crippen LogP contribution in [0.25, 0.3) is 0 Å². The lowest BCUT2D eigenvalue weighted by molar-refractivity contribution is -0.129. The van der Waals surface area contributed by atoms with Gasteiger partial charge in [0.15, 0.2) is 0 Å². The maximum atomic E-state index is 11.3. The fourth-order valence-electron chi connectivity index (χ4n) is 1.70. The first-order chi connectivity index (χ1) is 6.65. The lowest BCUT2D eigenvalue weighted by Gasteiger charge is -2.19. The fraction of sp³-hybridized carbons (Fsp3) is 0.800. The van der Waals surface area contributed by atoms with Gasteiger partial charge in [-0.3, -0.25) is 9.69 Å². The molecule has 1 fully saturated rings. The van der Waals surface area contributed by atoms with E-state index in [9.17, 15) is 4.79 Å². The number of carbonyl (C=O) groups excluding carboxylic acids is 1. The Morgan fingerprint density at radius 1 is 1.64 bits per heavy atom. The molecule has 0 bridgehead atoms. The molecule has 1 heterocycles. The summed E-state index contributed by atoms with van der Waals surface area (Å²) in [6, 6.07) is 2.30. The fourth-order valence-corrected chi connectivity index (χ4v) is 1.70. The summed E-state index contributed by atoms with van der Waals surface area (Å²) in [5.74, 6) is 0.133. The second-order valence-corrected chi connectivity index (χ2v) is 3.86. The highest BCUT2D eigenvalue weighted by Gasteiger charge is 2.24. The van der Waals surface area contributed by atoms with Crippen molar-refractivity contribution in [2.45, 2.75) is 25.3 Å². The number of hydrogen-bond donors (Lipinski definition) is 0. The molecule has 1 amide bonds. The van der Waals surface area contributed by atoms with Crippen LogP contribution in [0.5, 0.6) is 0 Å². The van der Waals surface area contributed by atoms with Crippen molar-refractivity contribution in [1.29, 1.82) is 5.26 Å². The van der Waals surface area contributed by atoms with Gasteiger partial charge in [0.25, 0.3) is 0 Å². The minimum atomic E-state index is 0.0324. The second-order valence-electron chi connectivity index (χ2n) is 3.86. The maximum absolute atomic E-state index is 11.3. The van der Waals surface area contributed by atoms with E-state index in [0.29, 0.717) is 6.42 Å². The van der Waals surface area contributed by atoms with Crippen LogP contribution >= 0.6 is 0 Å². The van der Waals surface area contributed by atoms with E-state index < -0.39 is 0 Å². The second kappa shape index (κ2) is 4.97. The van der Waals surface area contributed by atoms with Gasteiger partial charge in [0.2, 0.25) is 5.91 Å². The van der Waals surface area contributed by atoms with Gasteiger partial charge in [0.1, 0.15) is 0 Å². The molecule has 1 unspecified atom stereocenters. The molecule has 1 aliphatic heterocycles. The molecular formula is C10H17N3O. The zero-order valence-electron chi connectivity index (χ0n) is 8.86. The van der Waals surface area contributed by atoms with Crippen LogP contribution in [0.1, 0.15) is 19.3 Å². The van der Waals surface area contributed by atoms with Crippen LogP contribution in [0.15, 0.2) is 0 Å². The van der Waals surface area contributed by atoms with Crippen molar-refractivity contribution in [2.75, 3.05) is 27.2 Å². The maximum Gasteiger partial charge on any atom is 0.223 e. The van der Waals surface area contributed by atoms with E-state index >= 15 is 0 Å². The standard InChI is InChI=1S/C10H17N3O/c1-12(2)10(14)5-7-13-6-3-4-9(13)8-11/h9H,3-7H2,1-2H3. The van der Waals surface area contributed by atoms with E-state index in [0.717, 1.165) is 25.9 Å². The van der Waals surface area contributed by atoms with E-state index in [-0.39, 0.29) is 11.9 Å². The van der Waals surface area contributed by atoms with Gasteiger partial charge < -0.3 is 4.90 Å². The van der Waals surface area contributed by atoms with Crippen molar-refractivity contribution in [1.82, 2.24) is 9.80 Å². The normalized spacial score (nSPS) is 21.9. The molecule has 0 spiro atoms. The van der Waals surface area contributed by atoms with Gasteiger partial charge in [-0.15, -0.1) is 0 Å². The summed E-state index contributed by atoms with van der Waals surface area (Å²) in [6.45, 7) is 1.67. The zero-order valence-corrected chi connectivity index (χ0v) is 8.86. The topological polar surface area (TPSA) is 47.3 Å². The molecule has 0 aromatic rings. The molecule has 1 saturated heterocycles. The van der Waals surface area contributed by atoms with Crippen LogP contribution in [-0.4, -0.2) is 48.9 Å². The number of carbonyl (C=O) groups is 1. The molecule has 4 heteroatoms. The van der Waals surface area contributed by atoms with Crippen LogP contribution in [-0.2, 0) is 4.79 Å². The highest BCUT2D eigenvalue weighted by atomic mass is 16.2. The first-order valence-electron chi connectivity index (χ1n) is 4.99. The van der Waals surface area contributed by atoms with Crippen molar-refractivity contribution in [2.24, 2.45) is 0 Å². The van der Waals surface area contributed by atoms with Gasteiger partial charge in [0.05, 0.1) is 12.1 Å².